The lowest BCUT2D eigenvalue weighted by Gasteiger charge is -2.18. The van der Waals surface area contributed by atoms with E-state index in [9.17, 15) is 37.9 Å². The van der Waals surface area contributed by atoms with Crippen molar-refractivity contribution in [3.8, 4) is 0 Å². The molecule has 0 radical (unpaired) electrons. The predicted octanol–water partition coefficient (Wildman–Crippen LogP) is 7.81. The van der Waals surface area contributed by atoms with Crippen molar-refractivity contribution < 1.29 is 84.4 Å². The van der Waals surface area contributed by atoms with E-state index >= 15 is 0 Å². The van der Waals surface area contributed by atoms with E-state index in [4.69, 9.17) is 46.5 Å². The van der Waals surface area contributed by atoms with Gasteiger partial charge in [0.05, 0.1) is 45.2 Å². The highest BCUT2D eigenvalue weighted by atomic mass is 32.2. The highest BCUT2D eigenvalue weighted by molar-refractivity contribution is 7.99. The van der Waals surface area contributed by atoms with Crippen molar-refractivity contribution >= 4 is 75.4 Å². The highest BCUT2D eigenvalue weighted by Crippen LogP contribution is 2.49. The molecule has 0 aliphatic rings. The molecule has 0 unspecified atom stereocenters. The molecule has 18 nitrogen and oxygen atoms in total. The number of esters is 6. The first-order chi connectivity index (χ1) is 30.0. The van der Waals surface area contributed by atoms with Crippen LogP contribution in [-0.2, 0) is 84.4 Å². The van der Waals surface area contributed by atoms with E-state index in [2.05, 4.69) is 45.5 Å². The zero-order valence-corrected chi connectivity index (χ0v) is 42.2. The summed E-state index contributed by atoms with van der Waals surface area (Å²) in [4.78, 5) is 68.9. The molecule has 0 N–H and O–H groups in total. The first-order valence-corrected chi connectivity index (χ1v) is 25.5. The third-order valence-electron chi connectivity index (χ3n) is 6.81. The summed E-state index contributed by atoms with van der Waals surface area (Å²) in [5, 5.41) is 0. The van der Waals surface area contributed by atoms with Crippen molar-refractivity contribution in [3.05, 3.63) is 61.3 Å². The van der Waals surface area contributed by atoms with Crippen LogP contribution in [0.5, 0.6) is 0 Å². The van der Waals surface area contributed by atoms with Crippen LogP contribution in [0, 0.1) is 0 Å². The van der Waals surface area contributed by atoms with Gasteiger partial charge in [-0.15, -0.1) is 0 Å². The molecule has 0 aliphatic carbocycles. The van der Waals surface area contributed by atoms with E-state index in [1.807, 2.05) is 13.8 Å². The van der Waals surface area contributed by atoms with Crippen LogP contribution in [0.3, 0.4) is 0 Å². The van der Waals surface area contributed by atoms with Gasteiger partial charge in [0.1, 0.15) is 26.4 Å². The lowest BCUT2D eigenvalue weighted by molar-refractivity contribution is -0.164. The van der Waals surface area contributed by atoms with Crippen LogP contribution in [0.4, 0.5) is 0 Å². The number of hydrogen-bond donors (Lipinski definition) is 1. The Hall–Kier alpha value is -3.48. The average Bonchev–Trinajstić information content (AvgIpc) is 3.23. The van der Waals surface area contributed by atoms with Gasteiger partial charge in [0.15, 0.2) is 12.2 Å². The van der Waals surface area contributed by atoms with Crippen LogP contribution >= 0.6 is 39.6 Å². The molecular formula is C42H70O18P2S2. The zero-order valence-electron chi connectivity index (χ0n) is 38.7. The first kappa shape index (κ1) is 64.8. The monoisotopic (exact) mass is 988 g/mol. The molecule has 0 bridgehead atoms. The largest absolute Gasteiger partial charge is 0.458 e. The molecule has 64 heavy (non-hydrogen) atoms. The van der Waals surface area contributed by atoms with Gasteiger partial charge in [-0.25, -0.2) is 24.0 Å². The van der Waals surface area contributed by atoms with Gasteiger partial charge in [0, 0.05) is 34.1 Å². The zero-order chi connectivity index (χ0) is 49.7. The summed E-state index contributed by atoms with van der Waals surface area (Å²) in [7, 11) is -5.84. The standard InChI is InChI=1S/C21H35O9PS.C14H18O6.C7H17O3PS/c1-7-28-31(25,29-8-2)11-9-12-32-13-10-19(22)30-18(14-26-20(23)16(3)4)15-27-21(24)17(5)6;1-6-12(15)20-11(7-18-13(16)9(2)3)8-19-14(17)10(4)5;1-3-9-11(8,10-4-2)6-5-7-12/h18H,3,5,7-15H2,1-2,4,6H3;6,11H,1-2,4,7-8H2,3,5H3;12H,3-7H2,1-2H3. The van der Waals surface area contributed by atoms with Crippen LogP contribution in [-0.4, -0.2) is 130 Å². The van der Waals surface area contributed by atoms with Crippen LogP contribution in [0.15, 0.2) is 61.3 Å². The predicted molar refractivity (Wildman–Crippen MR) is 250 cm³/mol. The van der Waals surface area contributed by atoms with Crippen molar-refractivity contribution in [2.24, 2.45) is 0 Å². The molecule has 0 amide bonds. The van der Waals surface area contributed by atoms with Gasteiger partial charge in [0.2, 0.25) is 0 Å². The Morgan fingerprint density at radius 1 is 0.562 bits per heavy atom. The fraction of sp³-hybridized carbons (Fsp3) is 0.619. The average molecular weight is 989 g/mol. The first-order valence-electron chi connectivity index (χ1n) is 20.3. The van der Waals surface area contributed by atoms with Crippen molar-refractivity contribution in [1.29, 1.82) is 0 Å². The SMILES string of the molecule is C=C(C)C(=O)OCC(COC(=O)C(=C)C)OC(=O)CCSCCCP(=O)(OCC)OCC.C=CC(=O)OC(COC(=O)C(=C)C)COC(=O)C(=C)C.CCOP(=O)(CCCS)OCC. The highest BCUT2D eigenvalue weighted by Gasteiger charge is 2.24. The summed E-state index contributed by atoms with van der Waals surface area (Å²) in [6.07, 6.45) is 1.36. The number of carbonyl (C=O) groups is 6. The second-order valence-corrected chi connectivity index (χ2v) is 19.1. The Morgan fingerprint density at radius 3 is 1.19 bits per heavy atom. The van der Waals surface area contributed by atoms with Crippen LogP contribution in [0.25, 0.3) is 0 Å². The molecule has 0 heterocycles. The van der Waals surface area contributed by atoms with Crippen molar-refractivity contribution in [1.82, 2.24) is 0 Å². The normalized spacial score (nSPS) is 10.8. The topological polar surface area (TPSA) is 229 Å². The molecule has 0 aromatic rings. The minimum atomic E-state index is -3.05. The molecule has 0 aliphatic heterocycles. The minimum Gasteiger partial charge on any atom is -0.458 e. The fourth-order valence-electron chi connectivity index (χ4n) is 3.86. The smallest absolute Gasteiger partial charge is 0.333 e. The molecule has 22 heteroatoms. The Kier molecular flexibility index (Phi) is 39.2. The fourth-order valence-corrected chi connectivity index (χ4v) is 8.67. The lowest BCUT2D eigenvalue weighted by Crippen LogP contribution is -2.31. The van der Waals surface area contributed by atoms with E-state index in [0.29, 0.717) is 62.4 Å². The molecule has 0 aromatic heterocycles. The van der Waals surface area contributed by atoms with Crippen LogP contribution < -0.4 is 0 Å². The second-order valence-electron chi connectivity index (χ2n) is 13.0. The minimum absolute atomic E-state index is 0.110. The lowest BCUT2D eigenvalue weighted by atomic mass is 10.3. The van der Waals surface area contributed by atoms with Gasteiger partial charge >= 0.3 is 51.0 Å². The number of carbonyl (C=O) groups excluding carboxylic acids is 6. The Bertz CT molecular complexity index is 1540. The maximum atomic E-state index is 12.4. The summed E-state index contributed by atoms with van der Waals surface area (Å²) in [5.74, 6) is -1.89. The number of ether oxygens (including phenoxy) is 6. The quantitative estimate of drug-likeness (QED) is 0.0165. The number of hydrogen-bond acceptors (Lipinski definition) is 20. The molecule has 368 valence electrons. The van der Waals surface area contributed by atoms with Crippen LogP contribution in [0.1, 0.15) is 74.7 Å². The Balaban J connectivity index is -0.000000983. The van der Waals surface area contributed by atoms with E-state index in [-0.39, 0.29) is 55.1 Å². The van der Waals surface area contributed by atoms with Gasteiger partial charge in [-0.1, -0.05) is 32.9 Å². The number of thioether (sulfide) groups is 1. The summed E-state index contributed by atoms with van der Waals surface area (Å²) >= 11 is 5.54. The van der Waals surface area contributed by atoms with Crippen molar-refractivity contribution in [3.63, 3.8) is 0 Å². The summed E-state index contributed by atoms with van der Waals surface area (Å²) < 4.78 is 74.5. The van der Waals surface area contributed by atoms with Gasteiger partial charge in [0.25, 0.3) is 0 Å². The molecule has 0 fully saturated rings. The molecule has 0 spiro atoms. The molecule has 0 saturated carbocycles. The van der Waals surface area contributed by atoms with Crippen LogP contribution in [0.2, 0.25) is 0 Å². The van der Waals surface area contributed by atoms with E-state index in [1.165, 1.54) is 39.5 Å². The third-order valence-corrected chi connectivity index (χ3v) is 12.5. The maximum Gasteiger partial charge on any atom is 0.333 e. The van der Waals surface area contributed by atoms with Gasteiger partial charge < -0.3 is 46.5 Å². The number of rotatable bonds is 33. The maximum absolute atomic E-state index is 12.4. The summed E-state index contributed by atoms with van der Waals surface area (Å²) in [6, 6.07) is 0. The third kappa shape index (κ3) is 35.8. The second kappa shape index (κ2) is 38.8. The Morgan fingerprint density at radius 2 is 0.891 bits per heavy atom. The number of thiol groups is 1. The Labute approximate surface area is 389 Å². The van der Waals surface area contributed by atoms with Crippen molar-refractivity contribution in [2.75, 3.05) is 82.4 Å². The summed E-state index contributed by atoms with van der Waals surface area (Å²) in [6.45, 7) is 30.6. The van der Waals surface area contributed by atoms with Crippen molar-refractivity contribution in [2.45, 2.75) is 86.9 Å². The van der Waals surface area contributed by atoms with E-state index in [0.717, 1.165) is 12.5 Å². The molecular weight excluding hydrogens is 919 g/mol. The summed E-state index contributed by atoms with van der Waals surface area (Å²) in [5.41, 5.74) is 0.808. The van der Waals surface area contributed by atoms with E-state index in [1.54, 1.807) is 13.8 Å². The van der Waals surface area contributed by atoms with E-state index < -0.39 is 63.2 Å². The van der Waals surface area contributed by atoms with Gasteiger partial charge in [-0.05, 0) is 79.7 Å². The van der Waals surface area contributed by atoms with Gasteiger partial charge in [-0.3, -0.25) is 13.9 Å². The molecule has 0 rings (SSSR count). The molecule has 0 atom stereocenters. The molecule has 0 aromatic carbocycles. The van der Waals surface area contributed by atoms with Gasteiger partial charge in [-0.2, -0.15) is 24.4 Å². The molecule has 0 saturated heterocycles.